The molecule has 6 heteroatoms. The third-order valence-corrected chi connectivity index (χ3v) is 1.89. The van der Waals surface area contributed by atoms with Crippen LogP contribution in [0.3, 0.4) is 0 Å². The number of aldehydes is 1. The van der Waals surface area contributed by atoms with Gasteiger partial charge in [0.1, 0.15) is 6.61 Å². The SMILES string of the molecule is O=CCOC(=O)Nc1nc2ccccc2[nH]1. The van der Waals surface area contributed by atoms with Gasteiger partial charge in [0.05, 0.1) is 11.0 Å². The summed E-state index contributed by atoms with van der Waals surface area (Å²) in [6, 6.07) is 7.35. The number of carbonyl (C=O) groups is 2. The zero-order valence-electron chi connectivity index (χ0n) is 8.27. The minimum atomic E-state index is -0.717. The second kappa shape index (κ2) is 4.43. The van der Waals surface area contributed by atoms with Gasteiger partial charge >= 0.3 is 6.09 Å². The topological polar surface area (TPSA) is 84.1 Å². The highest BCUT2D eigenvalue weighted by Crippen LogP contribution is 2.13. The van der Waals surface area contributed by atoms with Gasteiger partial charge in [-0.05, 0) is 12.1 Å². The Bertz CT molecular complexity index is 488. The van der Waals surface area contributed by atoms with Crippen LogP contribution in [0.2, 0.25) is 0 Å². The largest absolute Gasteiger partial charge is 0.442 e. The molecule has 0 atom stereocenters. The van der Waals surface area contributed by atoms with E-state index in [2.05, 4.69) is 20.0 Å². The molecule has 1 heterocycles. The van der Waals surface area contributed by atoms with Crippen molar-refractivity contribution < 1.29 is 14.3 Å². The average molecular weight is 219 g/mol. The zero-order chi connectivity index (χ0) is 11.4. The molecule has 0 spiro atoms. The number of benzene rings is 1. The Morgan fingerprint density at radius 1 is 1.50 bits per heavy atom. The summed E-state index contributed by atoms with van der Waals surface area (Å²) in [5.74, 6) is 0.289. The third-order valence-electron chi connectivity index (χ3n) is 1.89. The van der Waals surface area contributed by atoms with Crippen LogP contribution in [0.5, 0.6) is 0 Å². The van der Waals surface area contributed by atoms with E-state index < -0.39 is 6.09 Å². The number of imidazole rings is 1. The number of fused-ring (bicyclic) bond motifs is 1. The lowest BCUT2D eigenvalue weighted by atomic mass is 10.3. The monoisotopic (exact) mass is 219 g/mol. The quantitative estimate of drug-likeness (QED) is 0.762. The molecule has 0 radical (unpaired) electrons. The van der Waals surface area contributed by atoms with Crippen molar-refractivity contribution in [1.82, 2.24) is 9.97 Å². The number of amides is 1. The standard InChI is InChI=1S/C10H9N3O3/c14-5-6-16-10(15)13-9-11-7-3-1-2-4-8(7)12-9/h1-5H,6H2,(H2,11,12,13,15). The van der Waals surface area contributed by atoms with Crippen molar-refractivity contribution in [2.45, 2.75) is 0 Å². The summed E-state index contributed by atoms with van der Waals surface area (Å²) in [4.78, 5) is 28.1. The Labute approximate surface area is 90.6 Å². The van der Waals surface area contributed by atoms with Crippen molar-refractivity contribution in [2.75, 3.05) is 11.9 Å². The number of hydrogen-bond acceptors (Lipinski definition) is 4. The summed E-state index contributed by atoms with van der Waals surface area (Å²) >= 11 is 0. The molecule has 0 aliphatic heterocycles. The number of anilines is 1. The fourth-order valence-corrected chi connectivity index (χ4v) is 1.25. The fraction of sp³-hybridized carbons (Fsp3) is 0.100. The number of hydrogen-bond donors (Lipinski definition) is 2. The normalized spacial score (nSPS) is 10.0. The zero-order valence-corrected chi connectivity index (χ0v) is 8.27. The van der Waals surface area contributed by atoms with E-state index in [4.69, 9.17) is 0 Å². The van der Waals surface area contributed by atoms with Gasteiger partial charge < -0.3 is 9.72 Å². The highest BCUT2D eigenvalue weighted by Gasteiger charge is 2.06. The molecule has 2 rings (SSSR count). The molecule has 0 saturated carbocycles. The summed E-state index contributed by atoms with van der Waals surface area (Å²) in [5, 5.41) is 2.38. The molecule has 2 N–H and O–H groups in total. The first-order valence-electron chi connectivity index (χ1n) is 4.62. The summed E-state index contributed by atoms with van der Waals surface area (Å²) in [7, 11) is 0. The van der Waals surface area contributed by atoms with Gasteiger partial charge in [-0.3, -0.25) is 10.1 Å². The maximum absolute atomic E-state index is 11.1. The van der Waals surface area contributed by atoms with Gasteiger partial charge in [-0.2, -0.15) is 0 Å². The fourth-order valence-electron chi connectivity index (χ4n) is 1.25. The van der Waals surface area contributed by atoms with Crippen molar-refractivity contribution in [3.05, 3.63) is 24.3 Å². The Hall–Kier alpha value is -2.37. The summed E-state index contributed by atoms with van der Waals surface area (Å²) in [5.41, 5.74) is 1.56. The molecule has 1 aromatic carbocycles. The highest BCUT2D eigenvalue weighted by atomic mass is 16.5. The number of aromatic amines is 1. The van der Waals surface area contributed by atoms with Crippen LogP contribution < -0.4 is 5.32 Å². The van der Waals surface area contributed by atoms with Gasteiger partial charge in [0, 0.05) is 0 Å². The molecule has 0 aliphatic rings. The van der Waals surface area contributed by atoms with E-state index in [-0.39, 0.29) is 12.6 Å². The van der Waals surface area contributed by atoms with Crippen LogP contribution in [0, 0.1) is 0 Å². The number of nitrogens with zero attached hydrogens (tertiary/aromatic N) is 1. The van der Waals surface area contributed by atoms with Crippen molar-refractivity contribution in [3.63, 3.8) is 0 Å². The van der Waals surface area contributed by atoms with E-state index in [1.54, 1.807) is 0 Å². The van der Waals surface area contributed by atoms with Gasteiger partial charge in [0.25, 0.3) is 0 Å². The minimum absolute atomic E-state index is 0.272. The van der Waals surface area contributed by atoms with Crippen LogP contribution >= 0.6 is 0 Å². The molecular formula is C10H9N3O3. The molecule has 82 valence electrons. The highest BCUT2D eigenvalue weighted by molar-refractivity contribution is 5.86. The third kappa shape index (κ3) is 2.17. The van der Waals surface area contributed by atoms with E-state index in [1.807, 2.05) is 24.3 Å². The average Bonchev–Trinajstić information content (AvgIpc) is 2.68. The molecule has 1 amide bonds. The molecule has 16 heavy (non-hydrogen) atoms. The lowest BCUT2D eigenvalue weighted by Crippen LogP contribution is -2.15. The summed E-state index contributed by atoms with van der Waals surface area (Å²) in [6.45, 7) is -0.272. The van der Waals surface area contributed by atoms with E-state index in [1.165, 1.54) is 0 Å². The van der Waals surface area contributed by atoms with Crippen molar-refractivity contribution in [2.24, 2.45) is 0 Å². The first-order chi connectivity index (χ1) is 7.79. The molecule has 6 nitrogen and oxygen atoms in total. The minimum Gasteiger partial charge on any atom is -0.442 e. The van der Waals surface area contributed by atoms with Crippen molar-refractivity contribution in [1.29, 1.82) is 0 Å². The van der Waals surface area contributed by atoms with Crippen LogP contribution in [-0.4, -0.2) is 29.0 Å². The number of aromatic nitrogens is 2. The maximum atomic E-state index is 11.1. The van der Waals surface area contributed by atoms with Crippen LogP contribution in [0.25, 0.3) is 11.0 Å². The molecule has 1 aromatic heterocycles. The Morgan fingerprint density at radius 3 is 3.06 bits per heavy atom. The first-order valence-corrected chi connectivity index (χ1v) is 4.62. The smallest absolute Gasteiger partial charge is 0.414 e. The Balaban J connectivity index is 2.09. The van der Waals surface area contributed by atoms with E-state index in [0.717, 1.165) is 11.0 Å². The molecule has 0 aliphatic carbocycles. The Morgan fingerprint density at radius 2 is 2.31 bits per heavy atom. The number of nitrogens with one attached hydrogen (secondary N) is 2. The first kappa shape index (κ1) is 10.2. The number of para-hydroxylation sites is 2. The number of H-pyrrole nitrogens is 1. The van der Waals surface area contributed by atoms with Crippen molar-refractivity contribution >= 4 is 29.4 Å². The lowest BCUT2D eigenvalue weighted by Gasteiger charge is -1.99. The predicted molar refractivity (Wildman–Crippen MR) is 57.1 cm³/mol. The van der Waals surface area contributed by atoms with E-state index in [0.29, 0.717) is 6.29 Å². The summed E-state index contributed by atoms with van der Waals surface area (Å²) in [6.07, 6.45) is -0.218. The van der Waals surface area contributed by atoms with Crippen LogP contribution in [0.1, 0.15) is 0 Å². The van der Waals surface area contributed by atoms with Gasteiger partial charge in [0.2, 0.25) is 5.95 Å². The second-order valence-corrected chi connectivity index (χ2v) is 2.99. The molecule has 0 fully saturated rings. The van der Waals surface area contributed by atoms with Gasteiger partial charge in [-0.1, -0.05) is 12.1 Å². The van der Waals surface area contributed by atoms with Crippen LogP contribution in [0.4, 0.5) is 10.7 Å². The Kier molecular flexibility index (Phi) is 2.81. The summed E-state index contributed by atoms with van der Waals surface area (Å²) < 4.78 is 4.51. The number of carbonyl (C=O) groups excluding carboxylic acids is 2. The van der Waals surface area contributed by atoms with Gasteiger partial charge in [-0.15, -0.1) is 0 Å². The predicted octanol–water partition coefficient (Wildman–Crippen LogP) is 1.31. The van der Waals surface area contributed by atoms with Crippen LogP contribution in [-0.2, 0) is 9.53 Å². The second-order valence-electron chi connectivity index (χ2n) is 2.99. The molecule has 0 bridgehead atoms. The molecule has 0 saturated heterocycles. The molecule has 0 unspecified atom stereocenters. The van der Waals surface area contributed by atoms with Crippen LogP contribution in [0.15, 0.2) is 24.3 Å². The van der Waals surface area contributed by atoms with Crippen molar-refractivity contribution in [3.8, 4) is 0 Å². The van der Waals surface area contributed by atoms with Gasteiger partial charge in [-0.25, -0.2) is 9.78 Å². The van der Waals surface area contributed by atoms with E-state index >= 15 is 0 Å². The lowest BCUT2D eigenvalue weighted by molar-refractivity contribution is -0.110. The molecular weight excluding hydrogens is 210 g/mol. The van der Waals surface area contributed by atoms with E-state index in [9.17, 15) is 9.59 Å². The number of rotatable bonds is 3. The number of ether oxygens (including phenoxy) is 1. The maximum Gasteiger partial charge on any atom is 0.414 e. The van der Waals surface area contributed by atoms with Gasteiger partial charge in [0.15, 0.2) is 6.29 Å². The molecule has 2 aromatic rings.